The normalized spacial score (nSPS) is 10.8. The van der Waals surface area contributed by atoms with Crippen LogP contribution in [0.15, 0.2) is 102 Å². The molecule has 0 spiro atoms. The van der Waals surface area contributed by atoms with Crippen molar-refractivity contribution in [2.24, 2.45) is 5.10 Å². The Morgan fingerprint density at radius 2 is 1.47 bits per heavy atom. The highest BCUT2D eigenvalue weighted by atomic mass is 35.5. The predicted molar refractivity (Wildman–Crippen MR) is 124 cm³/mol. The number of hydrogen-bond donors (Lipinski definition) is 1. The van der Waals surface area contributed by atoms with Gasteiger partial charge in [0.1, 0.15) is 5.75 Å². The maximum absolute atomic E-state index is 12.3. The molecule has 0 aliphatic heterocycles. The van der Waals surface area contributed by atoms with Gasteiger partial charge in [-0.3, -0.25) is 4.79 Å². The Labute approximate surface area is 189 Å². The van der Waals surface area contributed by atoms with Gasteiger partial charge in [0.2, 0.25) is 0 Å². The first-order valence-corrected chi connectivity index (χ1v) is 10.1. The van der Waals surface area contributed by atoms with Crippen molar-refractivity contribution in [3.8, 4) is 11.4 Å². The maximum Gasteiger partial charge on any atom is 0.343 e. The number of benzene rings is 3. The molecule has 0 atom stereocenters. The van der Waals surface area contributed by atoms with E-state index in [4.69, 9.17) is 16.3 Å². The zero-order valence-electron chi connectivity index (χ0n) is 16.8. The van der Waals surface area contributed by atoms with E-state index >= 15 is 0 Å². The molecule has 1 heterocycles. The molecule has 0 saturated carbocycles. The summed E-state index contributed by atoms with van der Waals surface area (Å²) in [5.41, 5.74) is 5.11. The summed E-state index contributed by atoms with van der Waals surface area (Å²) >= 11 is 5.82. The van der Waals surface area contributed by atoms with Crippen molar-refractivity contribution in [1.82, 2.24) is 9.99 Å². The summed E-state index contributed by atoms with van der Waals surface area (Å²) in [7, 11) is 0. The van der Waals surface area contributed by atoms with Crippen molar-refractivity contribution >= 4 is 29.7 Å². The van der Waals surface area contributed by atoms with Gasteiger partial charge in [0.05, 0.1) is 11.8 Å². The lowest BCUT2D eigenvalue weighted by atomic mass is 10.2. The van der Waals surface area contributed by atoms with Crippen LogP contribution in [0.3, 0.4) is 0 Å². The zero-order valence-corrected chi connectivity index (χ0v) is 17.6. The summed E-state index contributed by atoms with van der Waals surface area (Å²) in [5, 5.41) is 4.53. The third-order valence-corrected chi connectivity index (χ3v) is 4.83. The lowest BCUT2D eigenvalue weighted by Gasteiger charge is -2.05. The first-order chi connectivity index (χ1) is 15.6. The van der Waals surface area contributed by atoms with Gasteiger partial charge in [0.25, 0.3) is 5.91 Å². The minimum atomic E-state index is -0.474. The second-order valence-electron chi connectivity index (χ2n) is 6.80. The van der Waals surface area contributed by atoms with Crippen LogP contribution in [-0.2, 0) is 0 Å². The van der Waals surface area contributed by atoms with E-state index in [1.807, 2.05) is 41.2 Å². The molecule has 1 amide bonds. The van der Waals surface area contributed by atoms with E-state index < -0.39 is 5.97 Å². The molecule has 1 N–H and O–H groups in total. The van der Waals surface area contributed by atoms with Crippen LogP contribution in [0.4, 0.5) is 0 Å². The predicted octanol–water partition coefficient (Wildman–Crippen LogP) is 5.11. The van der Waals surface area contributed by atoms with Gasteiger partial charge < -0.3 is 9.30 Å². The van der Waals surface area contributed by atoms with E-state index in [-0.39, 0.29) is 5.91 Å². The third kappa shape index (κ3) is 5.30. The molecular weight excluding hydrogens is 426 g/mol. The van der Waals surface area contributed by atoms with E-state index in [1.54, 1.807) is 60.7 Å². The first kappa shape index (κ1) is 21.1. The maximum atomic E-state index is 12.3. The van der Waals surface area contributed by atoms with Gasteiger partial charge in [-0.2, -0.15) is 5.10 Å². The van der Waals surface area contributed by atoms with Crippen molar-refractivity contribution in [2.75, 3.05) is 0 Å². The summed E-state index contributed by atoms with van der Waals surface area (Å²) in [6.45, 7) is 0. The van der Waals surface area contributed by atoms with Gasteiger partial charge in [-0.05, 0) is 90.5 Å². The molecule has 4 aromatic rings. The van der Waals surface area contributed by atoms with Gasteiger partial charge in [-0.25, -0.2) is 10.2 Å². The molecule has 0 radical (unpaired) electrons. The molecule has 0 aliphatic rings. The van der Waals surface area contributed by atoms with Crippen LogP contribution in [0.2, 0.25) is 5.02 Å². The molecule has 1 aromatic heterocycles. The number of ether oxygens (including phenoxy) is 1. The van der Waals surface area contributed by atoms with E-state index in [2.05, 4.69) is 10.5 Å². The Hall–Kier alpha value is -4.16. The van der Waals surface area contributed by atoms with Crippen LogP contribution in [0.1, 0.15) is 26.3 Å². The Morgan fingerprint density at radius 3 is 2.12 bits per heavy atom. The molecule has 158 valence electrons. The van der Waals surface area contributed by atoms with Crippen molar-refractivity contribution < 1.29 is 14.3 Å². The number of esters is 1. The molecule has 0 bridgehead atoms. The second-order valence-corrected chi connectivity index (χ2v) is 7.24. The summed E-state index contributed by atoms with van der Waals surface area (Å²) in [5.74, 6) is -0.388. The van der Waals surface area contributed by atoms with Crippen LogP contribution in [-0.4, -0.2) is 22.7 Å². The van der Waals surface area contributed by atoms with Gasteiger partial charge in [0.15, 0.2) is 0 Å². The Morgan fingerprint density at radius 1 is 0.844 bits per heavy atom. The van der Waals surface area contributed by atoms with Crippen molar-refractivity contribution in [2.45, 2.75) is 0 Å². The second kappa shape index (κ2) is 9.76. The summed E-state index contributed by atoms with van der Waals surface area (Å²) in [6, 6.07) is 24.3. The van der Waals surface area contributed by atoms with Gasteiger partial charge >= 0.3 is 5.97 Å². The number of hydrazone groups is 1. The van der Waals surface area contributed by atoms with Crippen molar-refractivity contribution in [3.63, 3.8) is 0 Å². The fraction of sp³-hybridized carbons (Fsp3) is 0. The number of rotatable bonds is 6. The average Bonchev–Trinajstić information content (AvgIpc) is 3.36. The molecule has 7 heteroatoms. The largest absolute Gasteiger partial charge is 0.423 e. The average molecular weight is 444 g/mol. The highest BCUT2D eigenvalue weighted by molar-refractivity contribution is 6.30. The zero-order chi connectivity index (χ0) is 22.3. The first-order valence-electron chi connectivity index (χ1n) is 9.73. The number of nitrogens with one attached hydrogen (secondary N) is 1. The Kier molecular flexibility index (Phi) is 6.43. The topological polar surface area (TPSA) is 72.7 Å². The molecule has 32 heavy (non-hydrogen) atoms. The fourth-order valence-corrected chi connectivity index (χ4v) is 3.02. The van der Waals surface area contributed by atoms with E-state index in [0.717, 1.165) is 11.3 Å². The van der Waals surface area contributed by atoms with Crippen molar-refractivity contribution in [1.29, 1.82) is 0 Å². The van der Waals surface area contributed by atoms with Crippen molar-refractivity contribution in [3.05, 3.63) is 119 Å². The Bertz CT molecular complexity index is 1230. The minimum Gasteiger partial charge on any atom is -0.423 e. The van der Waals surface area contributed by atoms with Crippen LogP contribution in [0, 0.1) is 0 Å². The number of hydrogen-bond acceptors (Lipinski definition) is 4. The number of carbonyl (C=O) groups is 2. The summed E-state index contributed by atoms with van der Waals surface area (Å²) in [6.07, 6.45) is 5.38. The molecule has 0 unspecified atom stereocenters. The lowest BCUT2D eigenvalue weighted by Crippen LogP contribution is -2.17. The molecular formula is C25H18ClN3O3. The van der Waals surface area contributed by atoms with E-state index in [9.17, 15) is 9.59 Å². The van der Waals surface area contributed by atoms with Crippen LogP contribution in [0.5, 0.6) is 5.75 Å². The smallest absolute Gasteiger partial charge is 0.343 e. The highest BCUT2D eigenvalue weighted by Crippen LogP contribution is 2.15. The van der Waals surface area contributed by atoms with Gasteiger partial charge in [0, 0.05) is 28.7 Å². The SMILES string of the molecule is O=C(N/N=C/c1ccc(OC(=O)c2ccc(Cl)cc2)cc1)c1ccc(-n2cccc2)cc1. The quantitative estimate of drug-likeness (QED) is 0.195. The van der Waals surface area contributed by atoms with Gasteiger partial charge in [-0.15, -0.1) is 0 Å². The molecule has 4 rings (SSSR count). The monoisotopic (exact) mass is 443 g/mol. The summed E-state index contributed by atoms with van der Waals surface area (Å²) in [4.78, 5) is 24.4. The standard InChI is InChI=1S/C25H18ClN3O3/c26-21-9-5-20(6-10-21)25(31)32-23-13-3-18(4-14-23)17-27-28-24(30)19-7-11-22(12-8-19)29-15-1-2-16-29/h1-17H,(H,28,30)/b27-17+. The molecule has 6 nitrogen and oxygen atoms in total. The molecule has 0 fully saturated rings. The molecule has 0 aliphatic carbocycles. The van der Waals surface area contributed by atoms with Crippen LogP contribution < -0.4 is 10.2 Å². The fourth-order valence-electron chi connectivity index (χ4n) is 2.90. The number of nitrogens with zero attached hydrogens (tertiary/aromatic N) is 2. The van der Waals surface area contributed by atoms with Crippen LogP contribution in [0.25, 0.3) is 5.69 Å². The summed E-state index contributed by atoms with van der Waals surface area (Å²) < 4.78 is 7.29. The van der Waals surface area contributed by atoms with E-state index in [1.165, 1.54) is 6.21 Å². The third-order valence-electron chi connectivity index (χ3n) is 4.58. The lowest BCUT2D eigenvalue weighted by molar-refractivity contribution is 0.0734. The van der Waals surface area contributed by atoms with Gasteiger partial charge in [-0.1, -0.05) is 11.6 Å². The van der Waals surface area contributed by atoms with Crippen LogP contribution >= 0.6 is 11.6 Å². The number of amides is 1. The minimum absolute atomic E-state index is 0.311. The molecule has 0 saturated heterocycles. The molecule has 3 aromatic carbocycles. The number of aromatic nitrogens is 1. The highest BCUT2D eigenvalue weighted by Gasteiger charge is 2.08. The number of carbonyl (C=O) groups excluding carboxylic acids is 2. The number of halogens is 1. The Balaban J connectivity index is 1.31. The van der Waals surface area contributed by atoms with E-state index in [0.29, 0.717) is 21.9 Å².